The molecule has 0 fully saturated rings. The van der Waals surface area contributed by atoms with Crippen LogP contribution in [0.1, 0.15) is 0 Å². The second-order valence-corrected chi connectivity index (χ2v) is 15.6. The van der Waals surface area contributed by atoms with Gasteiger partial charge in [-0.15, -0.1) is 0 Å². The minimum atomic E-state index is 0.554. The number of nitrogens with zero attached hydrogens (tertiary/aromatic N) is 4. The molecule has 0 aliphatic rings. The van der Waals surface area contributed by atoms with E-state index in [9.17, 15) is 0 Å². The molecule has 0 N–H and O–H groups in total. The molecule has 3 heterocycles. The highest BCUT2D eigenvalue weighted by atomic mass is 16.3. The van der Waals surface area contributed by atoms with Gasteiger partial charge in [0.05, 0.1) is 11.0 Å². The van der Waals surface area contributed by atoms with Crippen LogP contribution in [0.2, 0.25) is 0 Å². The fourth-order valence-corrected chi connectivity index (χ4v) is 9.30. The first kappa shape index (κ1) is 32.9. The zero-order valence-corrected chi connectivity index (χ0v) is 32.2. The lowest BCUT2D eigenvalue weighted by molar-refractivity contribution is 0.669. The second kappa shape index (κ2) is 12.7. The zero-order chi connectivity index (χ0) is 39.3. The van der Waals surface area contributed by atoms with Crippen LogP contribution in [-0.2, 0) is 0 Å². The quantitative estimate of drug-likeness (QED) is 0.179. The zero-order valence-electron chi connectivity index (χ0n) is 32.2. The molecule has 10 aromatic carbocycles. The summed E-state index contributed by atoms with van der Waals surface area (Å²) < 4.78 is 8.68. The molecule has 13 rings (SSSR count). The highest BCUT2D eigenvalue weighted by Crippen LogP contribution is 2.41. The highest BCUT2D eigenvalue weighted by molar-refractivity contribution is 6.23. The van der Waals surface area contributed by atoms with Crippen LogP contribution in [0.3, 0.4) is 0 Å². The van der Waals surface area contributed by atoms with Crippen LogP contribution in [0.5, 0.6) is 0 Å². The van der Waals surface area contributed by atoms with Crippen molar-refractivity contribution in [3.8, 4) is 39.9 Å². The third-order valence-corrected chi connectivity index (χ3v) is 12.2. The third-order valence-electron chi connectivity index (χ3n) is 12.2. The first-order chi connectivity index (χ1) is 29.7. The van der Waals surface area contributed by atoms with Crippen LogP contribution >= 0.6 is 0 Å². The maximum absolute atomic E-state index is 6.44. The third kappa shape index (κ3) is 5.03. The number of furan rings is 1. The van der Waals surface area contributed by atoms with Crippen molar-refractivity contribution in [3.05, 3.63) is 194 Å². The van der Waals surface area contributed by atoms with Crippen LogP contribution in [-0.4, -0.2) is 19.5 Å². The van der Waals surface area contributed by atoms with Gasteiger partial charge in [-0.05, 0) is 115 Å². The summed E-state index contributed by atoms with van der Waals surface area (Å²) in [7, 11) is 0. The van der Waals surface area contributed by atoms with Gasteiger partial charge >= 0.3 is 0 Å². The number of hydrogen-bond donors (Lipinski definition) is 0. The Morgan fingerprint density at radius 1 is 0.333 bits per heavy atom. The van der Waals surface area contributed by atoms with Crippen LogP contribution in [0.25, 0.3) is 127 Å². The van der Waals surface area contributed by atoms with Gasteiger partial charge in [-0.2, -0.15) is 9.97 Å². The smallest absolute Gasteiger partial charge is 0.238 e. The summed E-state index contributed by atoms with van der Waals surface area (Å²) >= 11 is 0. The monoisotopic (exact) mass is 764 g/mol. The van der Waals surface area contributed by atoms with Crippen LogP contribution < -0.4 is 0 Å². The molecule has 0 aliphatic heterocycles. The van der Waals surface area contributed by atoms with Gasteiger partial charge in [0.1, 0.15) is 11.2 Å². The van der Waals surface area contributed by atoms with Crippen molar-refractivity contribution in [1.82, 2.24) is 19.5 Å². The summed E-state index contributed by atoms with van der Waals surface area (Å²) in [6.07, 6.45) is 0. The number of hydrogen-bond acceptors (Lipinski definition) is 4. The van der Waals surface area contributed by atoms with E-state index < -0.39 is 0 Å². The van der Waals surface area contributed by atoms with Crippen molar-refractivity contribution in [2.24, 2.45) is 0 Å². The molecule has 5 nitrogen and oxygen atoms in total. The van der Waals surface area contributed by atoms with E-state index in [0.717, 1.165) is 82.2 Å². The van der Waals surface area contributed by atoms with Crippen LogP contribution in [0, 0.1) is 0 Å². The Kier molecular flexibility index (Phi) is 6.95. The normalized spacial score (nSPS) is 12.0. The molecule has 278 valence electrons. The minimum Gasteiger partial charge on any atom is -0.456 e. The lowest BCUT2D eigenvalue weighted by Gasteiger charge is -2.14. The van der Waals surface area contributed by atoms with Crippen molar-refractivity contribution in [2.75, 3.05) is 0 Å². The van der Waals surface area contributed by atoms with Gasteiger partial charge in [-0.25, -0.2) is 4.98 Å². The Hall–Kier alpha value is -8.15. The largest absolute Gasteiger partial charge is 0.456 e. The summed E-state index contributed by atoms with van der Waals surface area (Å²) in [6.45, 7) is 0. The van der Waals surface area contributed by atoms with Crippen molar-refractivity contribution in [3.63, 3.8) is 0 Å². The van der Waals surface area contributed by atoms with Gasteiger partial charge in [0, 0.05) is 32.7 Å². The Balaban J connectivity index is 1.14. The van der Waals surface area contributed by atoms with E-state index in [1.54, 1.807) is 0 Å². The molecule has 0 bridgehead atoms. The van der Waals surface area contributed by atoms with E-state index in [1.165, 1.54) is 26.9 Å². The molecule has 60 heavy (non-hydrogen) atoms. The van der Waals surface area contributed by atoms with Gasteiger partial charge in [-0.3, -0.25) is 4.57 Å². The van der Waals surface area contributed by atoms with Gasteiger partial charge in [-0.1, -0.05) is 133 Å². The maximum Gasteiger partial charge on any atom is 0.238 e. The Bertz CT molecular complexity index is 3900. The molecular formula is C55H32N4O. The van der Waals surface area contributed by atoms with Gasteiger partial charge in [0.25, 0.3) is 0 Å². The van der Waals surface area contributed by atoms with E-state index in [-0.39, 0.29) is 0 Å². The Morgan fingerprint density at radius 2 is 0.967 bits per heavy atom. The molecule has 0 spiro atoms. The molecule has 0 saturated heterocycles. The molecular weight excluding hydrogens is 733 g/mol. The van der Waals surface area contributed by atoms with E-state index in [4.69, 9.17) is 19.4 Å². The molecule has 0 unspecified atom stereocenters. The van der Waals surface area contributed by atoms with Gasteiger partial charge in [0.2, 0.25) is 5.95 Å². The fraction of sp³-hybridized carbons (Fsp3) is 0. The predicted octanol–water partition coefficient (Wildman–Crippen LogP) is 14.5. The molecule has 13 aromatic rings. The van der Waals surface area contributed by atoms with Crippen LogP contribution in [0.4, 0.5) is 0 Å². The first-order valence-corrected chi connectivity index (χ1v) is 20.3. The summed E-state index contributed by atoms with van der Waals surface area (Å²) in [4.78, 5) is 16.3. The van der Waals surface area contributed by atoms with Crippen molar-refractivity contribution < 1.29 is 4.42 Å². The minimum absolute atomic E-state index is 0.554. The first-order valence-electron chi connectivity index (χ1n) is 20.3. The number of rotatable bonds is 4. The van der Waals surface area contributed by atoms with E-state index in [1.807, 2.05) is 6.07 Å². The van der Waals surface area contributed by atoms with E-state index >= 15 is 0 Å². The van der Waals surface area contributed by atoms with E-state index in [2.05, 4.69) is 193 Å². The summed E-state index contributed by atoms with van der Waals surface area (Å²) in [5.74, 6) is 1.74. The molecule has 5 heteroatoms. The molecule has 0 atom stereocenters. The standard InChI is InChI=1S/C55H32N4O/c1-2-12-33(13-3-1)41-26-39-19-9-10-20-42(39)46(30-41)54-56-53(40-23-25-50-44(29-40)45-27-35-15-5-7-18-38(35)32-51(45)60-50)57-55(58-54)59-48-24-22-34-14-8-11-21-43(34)52(48)47-28-36-16-4-6-17-37(36)31-49(47)59/h1-32H. The molecule has 0 amide bonds. The molecule has 0 saturated carbocycles. The highest BCUT2D eigenvalue weighted by Gasteiger charge is 2.22. The number of fused-ring (bicyclic) bond motifs is 11. The van der Waals surface area contributed by atoms with Crippen molar-refractivity contribution in [2.45, 2.75) is 0 Å². The maximum atomic E-state index is 6.44. The molecule has 0 radical (unpaired) electrons. The molecule has 0 aliphatic carbocycles. The Morgan fingerprint density at radius 3 is 1.77 bits per heavy atom. The number of benzene rings is 10. The topological polar surface area (TPSA) is 56.7 Å². The van der Waals surface area contributed by atoms with Gasteiger partial charge < -0.3 is 4.42 Å². The van der Waals surface area contributed by atoms with Gasteiger partial charge in [0.15, 0.2) is 11.6 Å². The second-order valence-electron chi connectivity index (χ2n) is 15.6. The SMILES string of the molecule is c1ccc(-c2cc(-c3nc(-c4ccc5oc6cc7ccccc7cc6c5c4)nc(-n4c5cc6ccccc6cc5c5c6ccccc6ccc54)n3)c3ccccc3c2)cc1. The Labute approximate surface area is 343 Å². The summed E-state index contributed by atoms with van der Waals surface area (Å²) in [5.41, 5.74) is 7.79. The lowest BCUT2D eigenvalue weighted by atomic mass is 9.96. The summed E-state index contributed by atoms with van der Waals surface area (Å²) in [6, 6.07) is 68.7. The average molecular weight is 765 g/mol. The summed E-state index contributed by atoms with van der Waals surface area (Å²) in [5, 5.41) is 13.6. The number of aromatic nitrogens is 4. The lowest BCUT2D eigenvalue weighted by Crippen LogP contribution is -2.06. The van der Waals surface area contributed by atoms with Crippen LogP contribution in [0.15, 0.2) is 199 Å². The molecule has 3 aromatic heterocycles. The fourth-order valence-electron chi connectivity index (χ4n) is 9.30. The average Bonchev–Trinajstić information content (AvgIpc) is 3.84. The predicted molar refractivity (Wildman–Crippen MR) is 248 cm³/mol. The van der Waals surface area contributed by atoms with Crippen molar-refractivity contribution >= 4 is 86.8 Å². The van der Waals surface area contributed by atoms with Crippen molar-refractivity contribution in [1.29, 1.82) is 0 Å². The van der Waals surface area contributed by atoms with E-state index in [0.29, 0.717) is 17.6 Å².